The van der Waals surface area contributed by atoms with E-state index in [0.717, 1.165) is 15.6 Å². The zero-order chi connectivity index (χ0) is 20.5. The minimum Gasteiger partial charge on any atom is -0.495 e. The third-order valence-electron chi connectivity index (χ3n) is 4.12. The average Bonchev–Trinajstić information content (AvgIpc) is 2.66. The summed E-state index contributed by atoms with van der Waals surface area (Å²) >= 11 is 3.47. The number of methoxy groups -OCH3 is 1. The summed E-state index contributed by atoms with van der Waals surface area (Å²) in [6.07, 6.45) is 0. The lowest BCUT2D eigenvalue weighted by Gasteiger charge is -2.14. The van der Waals surface area contributed by atoms with Crippen molar-refractivity contribution in [3.05, 3.63) is 68.4 Å². The molecule has 0 aliphatic rings. The number of sulfonamides is 1. The van der Waals surface area contributed by atoms with Gasteiger partial charge in [-0.1, -0.05) is 15.9 Å². The number of nitrogens with one attached hydrogen (secondary N) is 2. The van der Waals surface area contributed by atoms with Crippen molar-refractivity contribution in [2.45, 2.75) is 18.7 Å². The van der Waals surface area contributed by atoms with Crippen LogP contribution in [0.5, 0.6) is 5.75 Å². The molecule has 0 fully saturated rings. The van der Waals surface area contributed by atoms with Gasteiger partial charge in [-0.15, -0.1) is 0 Å². The Bertz CT molecular complexity index is 1160. The number of hydrogen-bond acceptors (Lipinski definition) is 5. The zero-order valence-corrected chi connectivity index (χ0v) is 17.8. The van der Waals surface area contributed by atoms with Gasteiger partial charge in [0.15, 0.2) is 0 Å². The third kappa shape index (κ3) is 4.10. The van der Waals surface area contributed by atoms with E-state index in [2.05, 4.69) is 30.8 Å². The first kappa shape index (κ1) is 20.1. The van der Waals surface area contributed by atoms with Crippen LogP contribution in [-0.2, 0) is 10.0 Å². The molecule has 1 aromatic heterocycles. The predicted molar refractivity (Wildman–Crippen MR) is 111 cm³/mol. The molecule has 0 bridgehead atoms. The van der Waals surface area contributed by atoms with Gasteiger partial charge in [-0.3, -0.25) is 9.52 Å². The summed E-state index contributed by atoms with van der Waals surface area (Å²) in [6.45, 7) is 3.77. The summed E-state index contributed by atoms with van der Waals surface area (Å²) in [6, 6.07) is 11.0. The molecule has 0 radical (unpaired) electrons. The number of hydrogen-bond donors (Lipinski definition) is 2. The van der Waals surface area contributed by atoms with E-state index in [1.807, 2.05) is 13.8 Å². The molecule has 2 N–H and O–H groups in total. The lowest BCUT2D eigenvalue weighted by molar-refractivity contribution is 0.403. The molecule has 0 amide bonds. The van der Waals surface area contributed by atoms with Crippen LogP contribution < -0.4 is 15.0 Å². The molecule has 7 nitrogen and oxygen atoms in total. The van der Waals surface area contributed by atoms with Crippen molar-refractivity contribution in [1.82, 2.24) is 10.2 Å². The highest BCUT2D eigenvalue weighted by Crippen LogP contribution is 2.31. The van der Waals surface area contributed by atoms with E-state index in [9.17, 15) is 13.2 Å². The van der Waals surface area contributed by atoms with Gasteiger partial charge in [-0.2, -0.15) is 5.10 Å². The number of anilines is 1. The van der Waals surface area contributed by atoms with Crippen LogP contribution in [0.25, 0.3) is 11.3 Å². The first-order valence-electron chi connectivity index (χ1n) is 8.25. The van der Waals surface area contributed by atoms with Crippen LogP contribution in [0.3, 0.4) is 0 Å². The van der Waals surface area contributed by atoms with E-state index in [4.69, 9.17) is 4.74 Å². The normalized spacial score (nSPS) is 11.3. The van der Waals surface area contributed by atoms with Gasteiger partial charge in [-0.25, -0.2) is 13.5 Å². The molecule has 146 valence electrons. The fourth-order valence-electron chi connectivity index (χ4n) is 2.77. The molecule has 3 aromatic rings. The van der Waals surface area contributed by atoms with Gasteiger partial charge in [0.25, 0.3) is 15.6 Å². The molecule has 0 spiro atoms. The maximum Gasteiger partial charge on any atom is 0.265 e. The quantitative estimate of drug-likeness (QED) is 0.601. The highest BCUT2D eigenvalue weighted by atomic mass is 79.9. The van der Waals surface area contributed by atoms with Gasteiger partial charge >= 0.3 is 0 Å². The van der Waals surface area contributed by atoms with Crippen LogP contribution in [0.4, 0.5) is 5.69 Å². The number of aromatic amines is 1. The number of rotatable bonds is 5. The highest BCUT2D eigenvalue weighted by Gasteiger charge is 2.21. The van der Waals surface area contributed by atoms with Crippen LogP contribution in [0.2, 0.25) is 0 Å². The van der Waals surface area contributed by atoms with Gasteiger partial charge in [0.1, 0.15) is 10.6 Å². The van der Waals surface area contributed by atoms with E-state index in [1.165, 1.54) is 25.3 Å². The van der Waals surface area contributed by atoms with Gasteiger partial charge < -0.3 is 4.74 Å². The van der Waals surface area contributed by atoms with Crippen molar-refractivity contribution in [1.29, 1.82) is 0 Å². The number of aromatic nitrogens is 2. The van der Waals surface area contributed by atoms with Crippen molar-refractivity contribution < 1.29 is 13.2 Å². The zero-order valence-electron chi connectivity index (χ0n) is 15.4. The average molecular weight is 464 g/mol. The molecule has 0 saturated heterocycles. The highest BCUT2D eigenvalue weighted by molar-refractivity contribution is 9.10. The van der Waals surface area contributed by atoms with E-state index in [-0.39, 0.29) is 16.2 Å². The first-order valence-corrected chi connectivity index (χ1v) is 10.5. The SMILES string of the molecule is COc1ccc(-c2ccc(=O)[nH]n2)cc1S(=O)(=O)Nc1cc(C)c(Br)c(C)c1. The molecule has 3 rings (SSSR count). The minimum absolute atomic E-state index is 0.0290. The van der Waals surface area contributed by atoms with Crippen molar-refractivity contribution in [2.75, 3.05) is 11.8 Å². The summed E-state index contributed by atoms with van der Waals surface area (Å²) in [5.41, 5.74) is 2.90. The lowest BCUT2D eigenvalue weighted by atomic mass is 10.1. The van der Waals surface area contributed by atoms with Gasteiger partial charge in [0.05, 0.1) is 12.8 Å². The smallest absolute Gasteiger partial charge is 0.265 e. The monoisotopic (exact) mass is 463 g/mol. The second kappa shape index (κ2) is 7.76. The maximum absolute atomic E-state index is 13.0. The Morgan fingerprint density at radius 3 is 2.32 bits per heavy atom. The van der Waals surface area contributed by atoms with Crippen molar-refractivity contribution in [2.24, 2.45) is 0 Å². The Hall–Kier alpha value is -2.65. The van der Waals surface area contributed by atoms with Crippen LogP contribution in [-0.4, -0.2) is 25.7 Å². The number of halogens is 1. The van der Waals surface area contributed by atoms with Crippen LogP contribution in [0.15, 0.2) is 56.6 Å². The second-order valence-corrected chi connectivity index (χ2v) is 8.65. The molecule has 0 unspecified atom stereocenters. The molecular formula is C19H18BrN3O4S. The van der Waals surface area contributed by atoms with Crippen LogP contribution in [0.1, 0.15) is 11.1 Å². The van der Waals surface area contributed by atoms with E-state index in [0.29, 0.717) is 16.9 Å². The topological polar surface area (TPSA) is 101 Å². The second-order valence-electron chi connectivity index (χ2n) is 6.20. The summed E-state index contributed by atoms with van der Waals surface area (Å²) in [7, 11) is -2.53. The Morgan fingerprint density at radius 1 is 1.07 bits per heavy atom. The van der Waals surface area contributed by atoms with E-state index in [1.54, 1.807) is 24.3 Å². The molecule has 1 heterocycles. The Balaban J connectivity index is 2.06. The van der Waals surface area contributed by atoms with Gasteiger partial charge in [0, 0.05) is 21.8 Å². The van der Waals surface area contributed by atoms with E-state index >= 15 is 0 Å². The molecule has 0 aliphatic heterocycles. The molecule has 0 aliphatic carbocycles. The number of aryl methyl sites for hydroxylation is 2. The van der Waals surface area contributed by atoms with Crippen molar-refractivity contribution in [3.8, 4) is 17.0 Å². The standard InChI is InChI=1S/C19H18BrN3O4S/c1-11-8-14(9-12(2)19(11)20)23-28(25,26)17-10-13(4-6-16(17)27-3)15-5-7-18(24)22-21-15/h4-10,23H,1-3H3,(H,22,24). The number of nitrogens with zero attached hydrogens (tertiary/aromatic N) is 1. The van der Waals surface area contributed by atoms with Crippen LogP contribution in [0, 0.1) is 13.8 Å². The first-order chi connectivity index (χ1) is 13.2. The Kier molecular flexibility index (Phi) is 5.57. The fraction of sp³-hybridized carbons (Fsp3) is 0.158. The number of benzene rings is 2. The summed E-state index contributed by atoms with van der Waals surface area (Å²) in [5.74, 6) is 0.200. The summed E-state index contributed by atoms with van der Waals surface area (Å²) < 4.78 is 34.9. The van der Waals surface area contributed by atoms with Gasteiger partial charge in [0.2, 0.25) is 0 Å². The number of H-pyrrole nitrogens is 1. The molecule has 2 aromatic carbocycles. The van der Waals surface area contributed by atoms with Crippen molar-refractivity contribution in [3.63, 3.8) is 0 Å². The van der Waals surface area contributed by atoms with Gasteiger partial charge in [-0.05, 0) is 61.4 Å². The maximum atomic E-state index is 13.0. The molecule has 28 heavy (non-hydrogen) atoms. The molecule has 0 atom stereocenters. The fourth-order valence-corrected chi connectivity index (χ4v) is 4.23. The summed E-state index contributed by atoms with van der Waals surface area (Å²) in [5, 5.41) is 6.28. The molecule has 0 saturated carbocycles. The summed E-state index contributed by atoms with van der Waals surface area (Å²) in [4.78, 5) is 11.2. The third-order valence-corrected chi connectivity index (χ3v) is 6.77. The Labute approximate surface area is 171 Å². The molecule has 9 heteroatoms. The molecular weight excluding hydrogens is 446 g/mol. The lowest BCUT2D eigenvalue weighted by Crippen LogP contribution is -2.15. The minimum atomic E-state index is -3.93. The van der Waals surface area contributed by atoms with Crippen molar-refractivity contribution >= 4 is 31.6 Å². The largest absolute Gasteiger partial charge is 0.495 e. The Morgan fingerprint density at radius 2 is 1.75 bits per heavy atom. The predicted octanol–water partition coefficient (Wildman–Crippen LogP) is 3.63. The van der Waals surface area contributed by atoms with Crippen LogP contribution >= 0.6 is 15.9 Å². The van der Waals surface area contributed by atoms with E-state index < -0.39 is 10.0 Å². The number of ether oxygens (including phenoxy) is 1.